The number of halogens is 1. The van der Waals surface area contributed by atoms with E-state index in [2.05, 4.69) is 9.98 Å². The van der Waals surface area contributed by atoms with Crippen LogP contribution in [0.1, 0.15) is 6.92 Å². The maximum absolute atomic E-state index is 11.6. The molecule has 142 valence electrons. The molecule has 27 heavy (non-hydrogen) atoms. The quantitative estimate of drug-likeness (QED) is 0.538. The number of para-hydroxylation sites is 1. The Morgan fingerprint density at radius 2 is 1.85 bits per heavy atom. The van der Waals surface area contributed by atoms with E-state index in [1.807, 2.05) is 58.6 Å². The second kappa shape index (κ2) is 10.0. The van der Waals surface area contributed by atoms with Crippen molar-refractivity contribution in [3.05, 3.63) is 59.4 Å². The molecule has 0 N–H and O–H groups in total. The lowest BCUT2D eigenvalue weighted by Crippen LogP contribution is -2.11. The van der Waals surface area contributed by atoms with Gasteiger partial charge in [0.2, 0.25) is 4.80 Å². The molecule has 1 heterocycles. The van der Waals surface area contributed by atoms with E-state index < -0.39 is 0 Å². The van der Waals surface area contributed by atoms with Gasteiger partial charge in [-0.05, 0) is 54.9 Å². The molecule has 0 saturated heterocycles. The molecule has 0 amide bonds. The highest BCUT2D eigenvalue weighted by molar-refractivity contribution is 8.93. The smallest absolute Gasteiger partial charge is 0.327 e. The van der Waals surface area contributed by atoms with Gasteiger partial charge in [-0.1, -0.05) is 18.2 Å². The number of nitrogens with zero attached hydrogens (tertiary/aromatic N) is 3. The van der Waals surface area contributed by atoms with E-state index in [0.717, 1.165) is 22.8 Å². The number of methoxy groups -OCH3 is 1. The van der Waals surface area contributed by atoms with Crippen molar-refractivity contribution < 1.29 is 14.3 Å². The molecule has 0 spiro atoms. The third kappa shape index (κ3) is 5.27. The van der Waals surface area contributed by atoms with Crippen molar-refractivity contribution >= 4 is 34.5 Å². The van der Waals surface area contributed by atoms with Crippen molar-refractivity contribution in [3.63, 3.8) is 0 Å². The predicted octanol–water partition coefficient (Wildman–Crippen LogP) is 3.65. The third-order valence-corrected chi connectivity index (χ3v) is 4.50. The molecule has 8 heteroatoms. The van der Waals surface area contributed by atoms with Gasteiger partial charge in [-0.15, -0.1) is 17.0 Å². The number of aromatic nitrogens is 2. The zero-order valence-electron chi connectivity index (χ0n) is 15.0. The summed E-state index contributed by atoms with van der Waals surface area (Å²) in [6.45, 7) is 2.07. The number of rotatable bonds is 6. The van der Waals surface area contributed by atoms with Crippen LogP contribution in [0.4, 0.5) is 0 Å². The predicted molar refractivity (Wildman–Crippen MR) is 111 cm³/mol. The zero-order chi connectivity index (χ0) is 18.4. The lowest BCUT2D eigenvalue weighted by molar-refractivity contribution is -0.141. The van der Waals surface area contributed by atoms with Crippen LogP contribution < -0.4 is 9.54 Å². The summed E-state index contributed by atoms with van der Waals surface area (Å²) in [6.07, 6.45) is 0. The fourth-order valence-electron chi connectivity index (χ4n) is 2.34. The van der Waals surface area contributed by atoms with Crippen LogP contribution in [0.25, 0.3) is 17.1 Å². The molecule has 0 atom stereocenters. The first-order chi connectivity index (χ1) is 12.7. The topological polar surface area (TPSA) is 65.7 Å². The van der Waals surface area contributed by atoms with Gasteiger partial charge in [0.05, 0.1) is 19.4 Å². The van der Waals surface area contributed by atoms with Crippen LogP contribution in [0.15, 0.2) is 59.6 Å². The standard InChI is InChI=1S/C19H19N3O3S.BrH/c1-3-25-17(23)13-20-19-21-18(14-9-11-16(24-2)12-10-14)22(26-19)15-7-5-4-6-8-15;/h4-12H,3,13H2,1-2H3;1H/b20-19+;. The van der Waals surface area contributed by atoms with Gasteiger partial charge in [-0.25, -0.2) is 8.95 Å². The SMILES string of the molecule is Br.CCOC(=O)C/N=c1\nc(-c2ccc(OC)cc2)n(-c2ccccc2)s1. The monoisotopic (exact) mass is 449 g/mol. The molecule has 0 aliphatic rings. The van der Waals surface area contributed by atoms with Gasteiger partial charge in [0.1, 0.15) is 12.3 Å². The van der Waals surface area contributed by atoms with Gasteiger partial charge in [0.15, 0.2) is 5.82 Å². The van der Waals surface area contributed by atoms with E-state index >= 15 is 0 Å². The summed E-state index contributed by atoms with van der Waals surface area (Å²) in [4.78, 5) is 21.0. The number of hydrogen-bond acceptors (Lipinski definition) is 6. The minimum Gasteiger partial charge on any atom is -0.497 e. The molecule has 3 rings (SSSR count). The molecule has 1 aromatic heterocycles. The Labute approximate surface area is 172 Å². The Hall–Kier alpha value is -2.45. The average Bonchev–Trinajstić information content (AvgIpc) is 3.12. The lowest BCUT2D eigenvalue weighted by Gasteiger charge is -2.06. The molecule has 2 aromatic carbocycles. The lowest BCUT2D eigenvalue weighted by atomic mass is 10.2. The molecule has 0 radical (unpaired) electrons. The number of ether oxygens (including phenoxy) is 2. The van der Waals surface area contributed by atoms with E-state index in [4.69, 9.17) is 9.47 Å². The summed E-state index contributed by atoms with van der Waals surface area (Å²) in [5.74, 6) is 1.17. The minimum atomic E-state index is -0.361. The van der Waals surface area contributed by atoms with Crippen molar-refractivity contribution in [1.82, 2.24) is 8.94 Å². The molecule has 6 nitrogen and oxygen atoms in total. The largest absolute Gasteiger partial charge is 0.497 e. The van der Waals surface area contributed by atoms with Crippen LogP contribution in [-0.2, 0) is 9.53 Å². The Bertz CT molecular complexity index is 937. The van der Waals surface area contributed by atoms with Crippen molar-refractivity contribution in [2.24, 2.45) is 4.99 Å². The Balaban J connectivity index is 0.00000261. The molecule has 0 bridgehead atoms. The zero-order valence-corrected chi connectivity index (χ0v) is 17.5. The summed E-state index contributed by atoms with van der Waals surface area (Å²) < 4.78 is 12.1. The molecular weight excluding hydrogens is 430 g/mol. The summed E-state index contributed by atoms with van der Waals surface area (Å²) in [5, 5.41) is 0. The molecule has 0 aliphatic heterocycles. The van der Waals surface area contributed by atoms with Crippen LogP contribution in [0, 0.1) is 0 Å². The van der Waals surface area contributed by atoms with Gasteiger partial charge in [0.25, 0.3) is 0 Å². The molecule has 0 saturated carbocycles. The van der Waals surface area contributed by atoms with Crippen LogP contribution in [0.2, 0.25) is 0 Å². The fraction of sp³-hybridized carbons (Fsp3) is 0.211. The molecule has 0 unspecified atom stereocenters. The van der Waals surface area contributed by atoms with Gasteiger partial charge < -0.3 is 9.47 Å². The maximum atomic E-state index is 11.6. The minimum absolute atomic E-state index is 0. The summed E-state index contributed by atoms with van der Waals surface area (Å²) in [5.41, 5.74) is 1.91. The Morgan fingerprint density at radius 1 is 1.15 bits per heavy atom. The normalized spacial score (nSPS) is 11.0. The number of carbonyl (C=O) groups excluding carboxylic acids is 1. The van der Waals surface area contributed by atoms with Gasteiger partial charge in [-0.2, -0.15) is 4.98 Å². The van der Waals surface area contributed by atoms with E-state index in [1.54, 1.807) is 14.0 Å². The van der Waals surface area contributed by atoms with Gasteiger partial charge in [0, 0.05) is 5.56 Å². The maximum Gasteiger partial charge on any atom is 0.327 e. The van der Waals surface area contributed by atoms with Crippen molar-refractivity contribution in [1.29, 1.82) is 0 Å². The van der Waals surface area contributed by atoms with Crippen molar-refractivity contribution in [2.45, 2.75) is 6.92 Å². The van der Waals surface area contributed by atoms with E-state index in [9.17, 15) is 4.79 Å². The molecule has 3 aromatic rings. The van der Waals surface area contributed by atoms with Crippen LogP contribution in [0.5, 0.6) is 5.75 Å². The fourth-order valence-corrected chi connectivity index (χ4v) is 3.22. The average molecular weight is 450 g/mol. The third-order valence-electron chi connectivity index (χ3n) is 3.55. The van der Waals surface area contributed by atoms with Crippen molar-refractivity contribution in [3.8, 4) is 22.8 Å². The van der Waals surface area contributed by atoms with Crippen LogP contribution in [0.3, 0.4) is 0 Å². The van der Waals surface area contributed by atoms with E-state index in [0.29, 0.717) is 11.4 Å². The highest BCUT2D eigenvalue weighted by atomic mass is 79.9. The number of hydrogen-bond donors (Lipinski definition) is 0. The van der Waals surface area contributed by atoms with Crippen LogP contribution in [-0.4, -0.2) is 35.2 Å². The molecule has 0 aliphatic carbocycles. The first kappa shape index (κ1) is 20.9. The summed E-state index contributed by atoms with van der Waals surface area (Å²) >= 11 is 1.38. The summed E-state index contributed by atoms with van der Waals surface area (Å²) in [6, 6.07) is 17.6. The highest BCUT2D eigenvalue weighted by Crippen LogP contribution is 2.24. The van der Waals surface area contributed by atoms with Gasteiger partial charge >= 0.3 is 5.97 Å². The van der Waals surface area contributed by atoms with E-state index in [-0.39, 0.29) is 29.5 Å². The second-order valence-electron chi connectivity index (χ2n) is 5.29. The first-order valence-electron chi connectivity index (χ1n) is 8.17. The molecule has 0 fully saturated rings. The van der Waals surface area contributed by atoms with E-state index in [1.165, 1.54) is 11.5 Å². The Kier molecular flexibility index (Phi) is 7.75. The molecular formula is C19H20BrN3O3S. The number of benzene rings is 2. The summed E-state index contributed by atoms with van der Waals surface area (Å²) in [7, 11) is 1.63. The highest BCUT2D eigenvalue weighted by Gasteiger charge is 2.11. The number of esters is 1. The van der Waals surface area contributed by atoms with Crippen LogP contribution >= 0.6 is 28.5 Å². The first-order valence-corrected chi connectivity index (χ1v) is 8.95. The van der Waals surface area contributed by atoms with Crippen molar-refractivity contribution in [2.75, 3.05) is 20.3 Å². The Morgan fingerprint density at radius 3 is 2.48 bits per heavy atom. The second-order valence-corrected chi connectivity index (χ2v) is 6.20. The van der Waals surface area contributed by atoms with Gasteiger partial charge in [-0.3, -0.25) is 4.79 Å². The number of carbonyl (C=O) groups is 1.